The van der Waals surface area contributed by atoms with Gasteiger partial charge >= 0.3 is 0 Å². The standard InChI is InChI=1S/C15H26N2O/c1-12(13-8-6-7-9-14(13)18)16-10-15(2,3)11-17(4)5/h6-9,12,16,18H,10-11H2,1-5H3. The fourth-order valence-corrected chi connectivity index (χ4v) is 2.30. The zero-order chi connectivity index (χ0) is 13.8. The van der Waals surface area contributed by atoms with Gasteiger partial charge in [0.05, 0.1) is 0 Å². The first kappa shape index (κ1) is 15.0. The van der Waals surface area contributed by atoms with E-state index in [0.717, 1.165) is 18.7 Å². The van der Waals surface area contributed by atoms with E-state index in [2.05, 4.69) is 45.1 Å². The van der Waals surface area contributed by atoms with Crippen molar-refractivity contribution in [2.75, 3.05) is 27.2 Å². The third kappa shape index (κ3) is 4.67. The third-order valence-corrected chi connectivity index (χ3v) is 3.03. The van der Waals surface area contributed by atoms with Crippen molar-refractivity contribution in [1.29, 1.82) is 0 Å². The summed E-state index contributed by atoms with van der Waals surface area (Å²) in [4.78, 5) is 2.20. The molecule has 0 fully saturated rings. The molecule has 1 atom stereocenters. The van der Waals surface area contributed by atoms with Crippen LogP contribution in [0.1, 0.15) is 32.4 Å². The van der Waals surface area contributed by atoms with Crippen LogP contribution in [0.3, 0.4) is 0 Å². The first-order valence-corrected chi connectivity index (χ1v) is 6.48. The molecular formula is C15H26N2O. The highest BCUT2D eigenvalue weighted by molar-refractivity contribution is 5.34. The van der Waals surface area contributed by atoms with Gasteiger partial charge in [0.1, 0.15) is 5.75 Å². The Hall–Kier alpha value is -1.06. The van der Waals surface area contributed by atoms with Gasteiger partial charge in [-0.1, -0.05) is 32.0 Å². The number of aromatic hydroxyl groups is 1. The Morgan fingerprint density at radius 3 is 2.44 bits per heavy atom. The predicted molar refractivity (Wildman–Crippen MR) is 76.9 cm³/mol. The van der Waals surface area contributed by atoms with Crippen LogP contribution in [-0.2, 0) is 0 Å². The van der Waals surface area contributed by atoms with Gasteiger partial charge in [0, 0.05) is 24.7 Å². The summed E-state index contributed by atoms with van der Waals surface area (Å²) >= 11 is 0. The Kier molecular flexibility index (Phi) is 5.17. The number of nitrogens with one attached hydrogen (secondary N) is 1. The lowest BCUT2D eigenvalue weighted by Crippen LogP contribution is -2.38. The minimum absolute atomic E-state index is 0.160. The van der Waals surface area contributed by atoms with Crippen molar-refractivity contribution in [3.05, 3.63) is 29.8 Å². The minimum atomic E-state index is 0.160. The summed E-state index contributed by atoms with van der Waals surface area (Å²) in [5.74, 6) is 0.364. The molecule has 2 N–H and O–H groups in total. The third-order valence-electron chi connectivity index (χ3n) is 3.03. The van der Waals surface area contributed by atoms with E-state index in [1.807, 2.05) is 18.2 Å². The van der Waals surface area contributed by atoms with Crippen LogP contribution in [0.25, 0.3) is 0 Å². The summed E-state index contributed by atoms with van der Waals surface area (Å²) in [6.07, 6.45) is 0. The SMILES string of the molecule is CC(NCC(C)(C)CN(C)C)c1ccccc1O. The smallest absolute Gasteiger partial charge is 0.120 e. The molecule has 0 aliphatic heterocycles. The highest BCUT2D eigenvalue weighted by Gasteiger charge is 2.20. The van der Waals surface area contributed by atoms with Crippen molar-refractivity contribution in [2.24, 2.45) is 5.41 Å². The minimum Gasteiger partial charge on any atom is -0.508 e. The van der Waals surface area contributed by atoms with Crippen molar-refractivity contribution in [2.45, 2.75) is 26.8 Å². The second-order valence-corrected chi connectivity index (χ2v) is 6.06. The Bertz CT molecular complexity index is 375. The summed E-state index contributed by atoms with van der Waals surface area (Å²) in [6, 6.07) is 7.66. The number of nitrogens with zero attached hydrogens (tertiary/aromatic N) is 1. The van der Waals surface area contributed by atoms with E-state index in [4.69, 9.17) is 0 Å². The van der Waals surface area contributed by atoms with E-state index in [9.17, 15) is 5.11 Å². The van der Waals surface area contributed by atoms with Crippen LogP contribution in [0.5, 0.6) is 5.75 Å². The van der Waals surface area contributed by atoms with Crippen LogP contribution in [0.2, 0.25) is 0 Å². The second kappa shape index (κ2) is 6.21. The van der Waals surface area contributed by atoms with Gasteiger partial charge in [-0.3, -0.25) is 0 Å². The number of benzene rings is 1. The maximum atomic E-state index is 9.81. The zero-order valence-corrected chi connectivity index (χ0v) is 12.2. The van der Waals surface area contributed by atoms with Gasteiger partial charge in [-0.2, -0.15) is 0 Å². The van der Waals surface area contributed by atoms with Gasteiger partial charge < -0.3 is 15.3 Å². The molecule has 0 spiro atoms. The fraction of sp³-hybridized carbons (Fsp3) is 0.600. The average molecular weight is 250 g/mol. The Balaban J connectivity index is 2.56. The fourth-order valence-electron chi connectivity index (χ4n) is 2.30. The summed E-state index contributed by atoms with van der Waals surface area (Å²) < 4.78 is 0. The van der Waals surface area contributed by atoms with Crippen molar-refractivity contribution < 1.29 is 5.11 Å². The second-order valence-electron chi connectivity index (χ2n) is 6.06. The molecular weight excluding hydrogens is 224 g/mol. The lowest BCUT2D eigenvalue weighted by atomic mass is 9.92. The van der Waals surface area contributed by atoms with E-state index >= 15 is 0 Å². The Morgan fingerprint density at radius 2 is 1.89 bits per heavy atom. The molecule has 0 aliphatic rings. The maximum Gasteiger partial charge on any atom is 0.120 e. The number of phenolic OH excluding ortho intramolecular Hbond substituents is 1. The highest BCUT2D eigenvalue weighted by Crippen LogP contribution is 2.24. The molecule has 3 nitrogen and oxygen atoms in total. The van der Waals surface area contributed by atoms with Crippen molar-refractivity contribution in [3.8, 4) is 5.75 Å². The van der Waals surface area contributed by atoms with E-state index < -0.39 is 0 Å². The molecule has 0 saturated carbocycles. The first-order chi connectivity index (χ1) is 8.32. The summed E-state index contributed by atoms with van der Waals surface area (Å²) in [5, 5.41) is 13.3. The molecule has 1 aromatic carbocycles. The highest BCUT2D eigenvalue weighted by atomic mass is 16.3. The van der Waals surface area contributed by atoms with Crippen LogP contribution in [0.4, 0.5) is 0 Å². The number of hydrogen-bond donors (Lipinski definition) is 2. The predicted octanol–water partition coefficient (Wildman–Crippen LogP) is 2.63. The molecule has 1 unspecified atom stereocenters. The van der Waals surface area contributed by atoms with Crippen LogP contribution < -0.4 is 5.32 Å². The van der Waals surface area contributed by atoms with Gasteiger partial charge in [-0.25, -0.2) is 0 Å². The first-order valence-electron chi connectivity index (χ1n) is 6.48. The number of para-hydroxylation sites is 1. The summed E-state index contributed by atoms with van der Waals surface area (Å²) in [5.41, 5.74) is 1.17. The largest absolute Gasteiger partial charge is 0.508 e. The molecule has 1 rings (SSSR count). The van der Waals surface area contributed by atoms with Gasteiger partial charge in [0.2, 0.25) is 0 Å². The molecule has 102 valence electrons. The number of hydrogen-bond acceptors (Lipinski definition) is 3. The molecule has 0 heterocycles. The lowest BCUT2D eigenvalue weighted by molar-refractivity contribution is 0.226. The number of phenols is 1. The van der Waals surface area contributed by atoms with Gasteiger partial charge in [0.15, 0.2) is 0 Å². The molecule has 3 heteroatoms. The van der Waals surface area contributed by atoms with Crippen molar-refractivity contribution >= 4 is 0 Å². The molecule has 1 aromatic rings. The normalized spacial score (nSPS) is 13.9. The van der Waals surface area contributed by atoms with E-state index in [1.54, 1.807) is 6.07 Å². The maximum absolute atomic E-state index is 9.81. The Labute approximate surface area is 111 Å². The topological polar surface area (TPSA) is 35.5 Å². The average Bonchev–Trinajstić information content (AvgIpc) is 2.25. The molecule has 0 aromatic heterocycles. The zero-order valence-electron chi connectivity index (χ0n) is 12.2. The van der Waals surface area contributed by atoms with Crippen molar-refractivity contribution in [1.82, 2.24) is 10.2 Å². The van der Waals surface area contributed by atoms with Crippen molar-refractivity contribution in [3.63, 3.8) is 0 Å². The van der Waals surface area contributed by atoms with Gasteiger partial charge in [-0.15, -0.1) is 0 Å². The molecule has 0 amide bonds. The molecule has 0 bridgehead atoms. The van der Waals surface area contributed by atoms with E-state index in [0.29, 0.717) is 5.75 Å². The molecule has 0 radical (unpaired) electrons. The van der Waals surface area contributed by atoms with E-state index in [-0.39, 0.29) is 11.5 Å². The van der Waals surface area contributed by atoms with Gasteiger partial charge in [0.25, 0.3) is 0 Å². The quantitative estimate of drug-likeness (QED) is 0.814. The van der Waals surface area contributed by atoms with E-state index in [1.165, 1.54) is 0 Å². The van der Waals surface area contributed by atoms with Crippen LogP contribution in [0, 0.1) is 5.41 Å². The monoisotopic (exact) mass is 250 g/mol. The lowest BCUT2D eigenvalue weighted by Gasteiger charge is -2.30. The van der Waals surface area contributed by atoms with Gasteiger partial charge in [-0.05, 0) is 32.5 Å². The molecule has 18 heavy (non-hydrogen) atoms. The van der Waals surface area contributed by atoms with Crippen LogP contribution in [0.15, 0.2) is 24.3 Å². The molecule has 0 aliphatic carbocycles. The Morgan fingerprint density at radius 1 is 1.28 bits per heavy atom. The summed E-state index contributed by atoms with van der Waals surface area (Å²) in [7, 11) is 4.18. The number of rotatable bonds is 6. The van der Waals surface area contributed by atoms with Crippen LogP contribution >= 0.6 is 0 Å². The summed E-state index contributed by atoms with van der Waals surface area (Å²) in [6.45, 7) is 8.53. The molecule has 0 saturated heterocycles. The van der Waals surface area contributed by atoms with Crippen LogP contribution in [-0.4, -0.2) is 37.2 Å².